The van der Waals surface area contributed by atoms with Crippen LogP contribution < -0.4 is 10.2 Å². The van der Waals surface area contributed by atoms with Crippen LogP contribution in [0.15, 0.2) is 42.9 Å². The summed E-state index contributed by atoms with van der Waals surface area (Å²) < 4.78 is 17.3. The van der Waals surface area contributed by atoms with E-state index in [1.54, 1.807) is 12.1 Å². The monoisotopic (exact) mass is 463 g/mol. The molecule has 0 saturated carbocycles. The molecule has 0 spiro atoms. The van der Waals surface area contributed by atoms with Crippen molar-refractivity contribution in [2.45, 2.75) is 58.8 Å². The first-order chi connectivity index (χ1) is 16.2. The molecule has 0 radical (unpaired) electrons. The molecule has 0 saturated heterocycles. The van der Waals surface area contributed by atoms with Crippen LogP contribution in [-0.4, -0.2) is 41.3 Å². The number of hydrogen-bond donors (Lipinski definition) is 2. The van der Waals surface area contributed by atoms with Crippen molar-refractivity contribution in [3.8, 4) is 5.88 Å². The minimum absolute atomic E-state index is 0.0696. The van der Waals surface area contributed by atoms with E-state index in [-0.39, 0.29) is 23.3 Å². The molecule has 1 aliphatic heterocycles. The van der Waals surface area contributed by atoms with Gasteiger partial charge in [0.25, 0.3) is 0 Å². The van der Waals surface area contributed by atoms with E-state index in [9.17, 15) is 9.50 Å². The largest absolute Gasteiger partial charge is 0.493 e. The highest BCUT2D eigenvalue weighted by atomic mass is 19.1. The van der Waals surface area contributed by atoms with Gasteiger partial charge in [-0.05, 0) is 51.8 Å². The topological polar surface area (TPSA) is 84.0 Å². The quantitative estimate of drug-likeness (QED) is 0.438. The summed E-state index contributed by atoms with van der Waals surface area (Å²) in [4.78, 5) is 16.2. The molecular weight excluding hydrogens is 433 g/mol. The predicted octanol–water partition coefficient (Wildman–Crippen LogP) is 4.51. The molecular formula is C25H30FN7O. The normalized spacial score (nSPS) is 14.1. The average Bonchev–Trinajstić information content (AvgIpc) is 3.39. The predicted molar refractivity (Wildman–Crippen MR) is 131 cm³/mol. The summed E-state index contributed by atoms with van der Waals surface area (Å²) >= 11 is 0. The number of benzene rings is 1. The Labute approximate surface area is 198 Å². The number of imidazole rings is 1. The number of nitrogens with one attached hydrogen (secondary N) is 1. The molecule has 1 aliphatic rings. The van der Waals surface area contributed by atoms with Crippen molar-refractivity contribution in [1.82, 2.24) is 24.1 Å². The zero-order valence-corrected chi connectivity index (χ0v) is 20.0. The van der Waals surface area contributed by atoms with Crippen LogP contribution in [-0.2, 0) is 19.5 Å². The second-order valence-corrected chi connectivity index (χ2v) is 9.86. The molecule has 9 heteroatoms. The first-order valence-electron chi connectivity index (χ1n) is 11.6. The summed E-state index contributed by atoms with van der Waals surface area (Å²) in [5.74, 6) is 2.07. The van der Waals surface area contributed by atoms with E-state index in [1.807, 2.05) is 37.0 Å². The molecule has 4 heterocycles. The molecule has 0 bridgehead atoms. The third-order valence-corrected chi connectivity index (χ3v) is 6.26. The summed E-state index contributed by atoms with van der Waals surface area (Å²) in [5.41, 5.74) is 1.16. The maximum Gasteiger partial charge on any atom is 0.228 e. The lowest BCUT2D eigenvalue weighted by Gasteiger charge is -2.30. The summed E-state index contributed by atoms with van der Waals surface area (Å²) in [6.07, 6.45) is 6.36. The Morgan fingerprint density at radius 2 is 1.91 bits per heavy atom. The lowest BCUT2D eigenvalue weighted by molar-refractivity contribution is 0.404. The van der Waals surface area contributed by atoms with Crippen LogP contribution >= 0.6 is 0 Å². The van der Waals surface area contributed by atoms with Gasteiger partial charge in [0.2, 0.25) is 11.8 Å². The first-order valence-corrected chi connectivity index (χ1v) is 11.6. The van der Waals surface area contributed by atoms with E-state index >= 15 is 0 Å². The molecule has 0 aliphatic carbocycles. The van der Waals surface area contributed by atoms with E-state index in [2.05, 4.69) is 33.6 Å². The standard InChI is InChI=1S/C25H30FN7O/c1-16(2)33-14-19-21(23(33)34)28-24(32-12-11-31-10-9-27-20(31)15-32)29-22(19)30-25(3,4)13-17-5-7-18(26)8-6-17/h5-10,14,16,34H,11-13,15H2,1-4H3,(H,28,29,30). The summed E-state index contributed by atoms with van der Waals surface area (Å²) in [6, 6.07) is 6.63. The van der Waals surface area contributed by atoms with Gasteiger partial charge in [-0.2, -0.15) is 4.98 Å². The zero-order valence-electron chi connectivity index (χ0n) is 20.0. The van der Waals surface area contributed by atoms with Crippen molar-refractivity contribution in [3.63, 3.8) is 0 Å². The number of rotatable bonds is 6. The molecule has 8 nitrogen and oxygen atoms in total. The molecule has 34 heavy (non-hydrogen) atoms. The van der Waals surface area contributed by atoms with Gasteiger partial charge >= 0.3 is 0 Å². The third-order valence-electron chi connectivity index (χ3n) is 6.26. The van der Waals surface area contributed by atoms with Gasteiger partial charge in [0, 0.05) is 43.3 Å². The Hall–Kier alpha value is -3.62. The molecule has 0 unspecified atom stereocenters. The summed E-state index contributed by atoms with van der Waals surface area (Å²) in [7, 11) is 0. The molecule has 2 N–H and O–H groups in total. The van der Waals surface area contributed by atoms with Gasteiger partial charge < -0.3 is 24.5 Å². The number of halogens is 1. The van der Waals surface area contributed by atoms with Gasteiger partial charge in [-0.1, -0.05) is 12.1 Å². The minimum Gasteiger partial charge on any atom is -0.493 e. The Balaban J connectivity index is 1.53. The van der Waals surface area contributed by atoms with Gasteiger partial charge in [-0.3, -0.25) is 0 Å². The van der Waals surface area contributed by atoms with E-state index in [4.69, 9.17) is 9.97 Å². The Bertz CT molecular complexity index is 1320. The Morgan fingerprint density at radius 1 is 1.15 bits per heavy atom. The highest BCUT2D eigenvalue weighted by Crippen LogP contribution is 2.35. The highest BCUT2D eigenvalue weighted by molar-refractivity contribution is 5.94. The van der Waals surface area contributed by atoms with Crippen LogP contribution in [0.5, 0.6) is 5.88 Å². The molecule has 0 amide bonds. The smallest absolute Gasteiger partial charge is 0.228 e. The van der Waals surface area contributed by atoms with Crippen LogP contribution in [0.25, 0.3) is 10.9 Å². The maximum atomic E-state index is 13.4. The van der Waals surface area contributed by atoms with Crippen LogP contribution in [0.4, 0.5) is 16.2 Å². The maximum absolute atomic E-state index is 13.4. The average molecular weight is 464 g/mol. The van der Waals surface area contributed by atoms with Crippen LogP contribution in [0.2, 0.25) is 0 Å². The van der Waals surface area contributed by atoms with Crippen molar-refractivity contribution in [3.05, 3.63) is 60.1 Å². The number of hydrogen-bond acceptors (Lipinski definition) is 6. The number of anilines is 2. The molecule has 4 aromatic rings. The van der Waals surface area contributed by atoms with E-state index in [1.165, 1.54) is 12.1 Å². The van der Waals surface area contributed by atoms with Gasteiger partial charge in [0.05, 0.1) is 11.9 Å². The minimum atomic E-state index is -0.385. The van der Waals surface area contributed by atoms with E-state index < -0.39 is 0 Å². The van der Waals surface area contributed by atoms with Crippen molar-refractivity contribution in [2.24, 2.45) is 0 Å². The van der Waals surface area contributed by atoms with Gasteiger partial charge in [-0.15, -0.1) is 0 Å². The number of fused-ring (bicyclic) bond motifs is 2. The van der Waals surface area contributed by atoms with E-state index in [0.717, 1.165) is 29.9 Å². The van der Waals surface area contributed by atoms with Crippen molar-refractivity contribution >= 4 is 22.7 Å². The molecule has 1 aromatic carbocycles. The summed E-state index contributed by atoms with van der Waals surface area (Å²) in [6.45, 7) is 10.4. The first kappa shape index (κ1) is 22.2. The van der Waals surface area contributed by atoms with Crippen LogP contribution in [0.1, 0.15) is 45.1 Å². The number of aromatic nitrogens is 5. The van der Waals surface area contributed by atoms with Gasteiger partial charge in [-0.25, -0.2) is 14.4 Å². The van der Waals surface area contributed by atoms with Crippen molar-refractivity contribution < 1.29 is 9.50 Å². The molecule has 5 rings (SSSR count). The summed E-state index contributed by atoms with van der Waals surface area (Å²) in [5, 5.41) is 15.3. The van der Waals surface area contributed by atoms with Crippen LogP contribution in [0.3, 0.4) is 0 Å². The third kappa shape index (κ3) is 4.18. The highest BCUT2D eigenvalue weighted by Gasteiger charge is 2.26. The lowest BCUT2D eigenvalue weighted by Crippen LogP contribution is -2.36. The molecule has 3 aromatic heterocycles. The Morgan fingerprint density at radius 3 is 2.65 bits per heavy atom. The van der Waals surface area contributed by atoms with Crippen molar-refractivity contribution in [1.29, 1.82) is 0 Å². The Kier molecular flexibility index (Phi) is 5.42. The fraction of sp³-hybridized carbons (Fsp3) is 0.400. The molecule has 178 valence electrons. The molecule has 0 atom stereocenters. The number of aromatic hydroxyl groups is 1. The molecule has 0 fully saturated rings. The SMILES string of the molecule is CC(C)n1cc2c(NC(C)(C)Cc3ccc(F)cc3)nc(N3CCn4ccnc4C3)nc2c1O. The number of nitrogens with zero attached hydrogens (tertiary/aromatic N) is 6. The van der Waals surface area contributed by atoms with E-state index in [0.29, 0.717) is 30.2 Å². The fourth-order valence-corrected chi connectivity index (χ4v) is 4.52. The zero-order chi connectivity index (χ0) is 24.0. The lowest BCUT2D eigenvalue weighted by atomic mass is 9.95. The second-order valence-electron chi connectivity index (χ2n) is 9.86. The van der Waals surface area contributed by atoms with Gasteiger partial charge in [0.1, 0.15) is 23.0 Å². The van der Waals surface area contributed by atoms with Crippen molar-refractivity contribution in [2.75, 3.05) is 16.8 Å². The van der Waals surface area contributed by atoms with Gasteiger partial charge in [0.15, 0.2) is 0 Å². The fourth-order valence-electron chi connectivity index (χ4n) is 4.52. The van der Waals surface area contributed by atoms with Crippen LogP contribution in [0, 0.1) is 5.82 Å². The second kappa shape index (κ2) is 8.30.